The Hall–Kier alpha value is -1.61. The fourth-order valence-electron chi connectivity index (χ4n) is 1.59. The molecule has 1 heterocycles. The number of hydrogen-bond donors (Lipinski definition) is 1. The van der Waals surface area contributed by atoms with Gasteiger partial charge in [0.1, 0.15) is 0 Å². The summed E-state index contributed by atoms with van der Waals surface area (Å²) in [6.45, 7) is 2.71. The van der Waals surface area contributed by atoms with Crippen molar-refractivity contribution >= 4 is 0 Å². The van der Waals surface area contributed by atoms with Gasteiger partial charge in [-0.25, -0.2) is 4.68 Å². The normalized spacial score (nSPS) is 10.5. The van der Waals surface area contributed by atoms with E-state index < -0.39 is 0 Å². The molecule has 2 N–H and O–H groups in total. The summed E-state index contributed by atoms with van der Waals surface area (Å²) in [6, 6.07) is 10.1. The van der Waals surface area contributed by atoms with Crippen molar-refractivity contribution in [2.45, 2.75) is 13.3 Å². The predicted octanol–water partition coefficient (Wildman–Crippen LogP) is 1.68. The lowest BCUT2D eigenvalue weighted by molar-refractivity contribution is 0.821. The Morgan fingerprint density at radius 1 is 1.27 bits per heavy atom. The van der Waals surface area contributed by atoms with E-state index in [9.17, 15) is 0 Å². The van der Waals surface area contributed by atoms with E-state index in [2.05, 4.69) is 12.0 Å². The van der Waals surface area contributed by atoms with Crippen LogP contribution in [0.4, 0.5) is 0 Å². The van der Waals surface area contributed by atoms with Gasteiger partial charge in [0.05, 0.1) is 11.4 Å². The van der Waals surface area contributed by atoms with Gasteiger partial charge in [0.25, 0.3) is 0 Å². The molecule has 1 aromatic carbocycles. The van der Waals surface area contributed by atoms with Gasteiger partial charge in [-0.15, -0.1) is 0 Å². The maximum Gasteiger partial charge on any atom is 0.0670 e. The third-order valence-electron chi connectivity index (χ3n) is 2.40. The summed E-state index contributed by atoms with van der Waals surface area (Å²) in [7, 11) is 0. The van der Waals surface area contributed by atoms with Crippen molar-refractivity contribution in [3.05, 3.63) is 47.8 Å². The monoisotopic (exact) mass is 201 g/mol. The number of benzene rings is 1. The fraction of sp³-hybridized carbons (Fsp3) is 0.250. The lowest BCUT2D eigenvalue weighted by Gasteiger charge is -1.99. The fourth-order valence-corrected chi connectivity index (χ4v) is 1.59. The second kappa shape index (κ2) is 4.28. The van der Waals surface area contributed by atoms with E-state index in [1.54, 1.807) is 0 Å². The van der Waals surface area contributed by atoms with Gasteiger partial charge < -0.3 is 5.73 Å². The molecule has 0 saturated heterocycles. The SMILES string of the molecule is Cc1cn(-c2ccccc2)nc1CCN. The van der Waals surface area contributed by atoms with Crippen LogP contribution in [-0.2, 0) is 6.42 Å². The first kappa shape index (κ1) is 9.93. The zero-order valence-corrected chi connectivity index (χ0v) is 8.85. The van der Waals surface area contributed by atoms with E-state index in [4.69, 9.17) is 5.73 Å². The molecule has 0 unspecified atom stereocenters. The molecule has 0 aliphatic heterocycles. The minimum absolute atomic E-state index is 0.645. The Morgan fingerprint density at radius 3 is 2.67 bits per heavy atom. The van der Waals surface area contributed by atoms with Crippen LogP contribution < -0.4 is 5.73 Å². The van der Waals surface area contributed by atoms with Crippen LogP contribution in [0.5, 0.6) is 0 Å². The van der Waals surface area contributed by atoms with Gasteiger partial charge >= 0.3 is 0 Å². The zero-order valence-electron chi connectivity index (χ0n) is 8.85. The number of rotatable bonds is 3. The van der Waals surface area contributed by atoms with Gasteiger partial charge in [0.2, 0.25) is 0 Å². The van der Waals surface area contributed by atoms with Crippen molar-refractivity contribution in [3.63, 3.8) is 0 Å². The van der Waals surface area contributed by atoms with Crippen LogP contribution in [0.2, 0.25) is 0 Å². The van der Waals surface area contributed by atoms with Crippen LogP contribution in [0.1, 0.15) is 11.3 Å². The quantitative estimate of drug-likeness (QED) is 0.821. The van der Waals surface area contributed by atoms with E-state index >= 15 is 0 Å². The molecular formula is C12H15N3. The standard InChI is InChI=1S/C12H15N3/c1-10-9-15(14-12(10)7-8-13)11-5-3-2-4-6-11/h2-6,9H,7-8,13H2,1H3. The van der Waals surface area contributed by atoms with E-state index in [0.717, 1.165) is 17.8 Å². The highest BCUT2D eigenvalue weighted by molar-refractivity contribution is 5.32. The van der Waals surface area contributed by atoms with E-state index in [1.807, 2.05) is 41.2 Å². The maximum atomic E-state index is 5.53. The summed E-state index contributed by atoms with van der Waals surface area (Å²) in [6.07, 6.45) is 2.88. The van der Waals surface area contributed by atoms with E-state index in [0.29, 0.717) is 6.54 Å². The first-order valence-corrected chi connectivity index (χ1v) is 5.12. The zero-order chi connectivity index (χ0) is 10.7. The highest BCUT2D eigenvalue weighted by atomic mass is 15.3. The molecule has 1 aromatic heterocycles. The molecule has 0 bridgehead atoms. The van der Waals surface area contributed by atoms with Crippen LogP contribution in [0.3, 0.4) is 0 Å². The van der Waals surface area contributed by atoms with Crippen LogP contribution >= 0.6 is 0 Å². The van der Waals surface area contributed by atoms with Crippen molar-refractivity contribution < 1.29 is 0 Å². The molecule has 78 valence electrons. The first-order chi connectivity index (χ1) is 7.31. The lowest BCUT2D eigenvalue weighted by Crippen LogP contribution is -2.05. The molecule has 3 nitrogen and oxygen atoms in total. The average Bonchev–Trinajstić information content (AvgIpc) is 2.63. The molecule has 2 aromatic rings. The van der Waals surface area contributed by atoms with Crippen molar-refractivity contribution in [1.82, 2.24) is 9.78 Å². The molecule has 0 fully saturated rings. The Balaban J connectivity index is 2.34. The number of para-hydroxylation sites is 1. The smallest absolute Gasteiger partial charge is 0.0670 e. The number of nitrogens with two attached hydrogens (primary N) is 1. The van der Waals surface area contributed by atoms with Crippen LogP contribution in [0, 0.1) is 6.92 Å². The topological polar surface area (TPSA) is 43.8 Å². The number of hydrogen-bond acceptors (Lipinski definition) is 2. The van der Waals surface area contributed by atoms with Gasteiger partial charge in [0.15, 0.2) is 0 Å². The molecule has 2 rings (SSSR count). The second-order valence-corrected chi connectivity index (χ2v) is 3.58. The minimum atomic E-state index is 0.645. The van der Waals surface area contributed by atoms with Gasteiger partial charge in [-0.3, -0.25) is 0 Å². The van der Waals surface area contributed by atoms with Gasteiger partial charge in [-0.1, -0.05) is 18.2 Å². The molecular weight excluding hydrogens is 186 g/mol. The van der Waals surface area contributed by atoms with Crippen molar-refractivity contribution in [3.8, 4) is 5.69 Å². The highest BCUT2D eigenvalue weighted by Gasteiger charge is 2.04. The van der Waals surface area contributed by atoms with Crippen LogP contribution in [0.25, 0.3) is 5.69 Å². The molecule has 3 heteroatoms. The van der Waals surface area contributed by atoms with Crippen molar-refractivity contribution in [2.24, 2.45) is 5.73 Å². The number of aryl methyl sites for hydroxylation is 1. The lowest BCUT2D eigenvalue weighted by atomic mass is 10.2. The number of nitrogens with zero attached hydrogens (tertiary/aromatic N) is 2. The third-order valence-corrected chi connectivity index (χ3v) is 2.40. The Bertz CT molecular complexity index is 431. The number of aromatic nitrogens is 2. The average molecular weight is 201 g/mol. The molecule has 0 saturated carbocycles. The summed E-state index contributed by atoms with van der Waals surface area (Å²) >= 11 is 0. The van der Waals surface area contributed by atoms with Gasteiger partial charge in [-0.2, -0.15) is 5.10 Å². The maximum absolute atomic E-state index is 5.53. The Morgan fingerprint density at radius 2 is 2.00 bits per heavy atom. The van der Waals surface area contributed by atoms with Crippen molar-refractivity contribution in [1.29, 1.82) is 0 Å². The summed E-state index contributed by atoms with van der Waals surface area (Å²) in [5.74, 6) is 0. The molecule has 0 amide bonds. The Kier molecular flexibility index (Phi) is 2.83. The Labute approximate surface area is 89.5 Å². The summed E-state index contributed by atoms with van der Waals surface area (Å²) in [5.41, 5.74) is 8.90. The molecule has 0 aliphatic carbocycles. The summed E-state index contributed by atoms with van der Waals surface area (Å²) in [5, 5.41) is 4.51. The van der Waals surface area contributed by atoms with Crippen LogP contribution in [0.15, 0.2) is 36.5 Å². The van der Waals surface area contributed by atoms with Crippen molar-refractivity contribution in [2.75, 3.05) is 6.54 Å². The summed E-state index contributed by atoms with van der Waals surface area (Å²) in [4.78, 5) is 0. The first-order valence-electron chi connectivity index (χ1n) is 5.12. The molecule has 0 atom stereocenters. The highest BCUT2D eigenvalue weighted by Crippen LogP contribution is 2.11. The van der Waals surface area contributed by atoms with Gasteiger partial charge in [-0.05, 0) is 31.2 Å². The summed E-state index contributed by atoms with van der Waals surface area (Å²) < 4.78 is 1.90. The molecule has 0 aliphatic rings. The van der Waals surface area contributed by atoms with Crippen LogP contribution in [-0.4, -0.2) is 16.3 Å². The molecule has 15 heavy (non-hydrogen) atoms. The minimum Gasteiger partial charge on any atom is -0.330 e. The predicted molar refractivity (Wildman–Crippen MR) is 61.1 cm³/mol. The molecule has 0 spiro atoms. The largest absolute Gasteiger partial charge is 0.330 e. The second-order valence-electron chi connectivity index (χ2n) is 3.58. The van der Waals surface area contributed by atoms with Gasteiger partial charge in [0, 0.05) is 12.6 Å². The molecule has 0 radical (unpaired) electrons. The van der Waals surface area contributed by atoms with E-state index in [-0.39, 0.29) is 0 Å². The third kappa shape index (κ3) is 2.07. The van der Waals surface area contributed by atoms with E-state index in [1.165, 1.54) is 5.56 Å².